The third-order valence-corrected chi connectivity index (χ3v) is 0.630. The van der Waals surface area contributed by atoms with Crippen molar-refractivity contribution in [1.29, 1.82) is 0 Å². The smallest absolute Gasteiger partial charge is 0.323 e. The van der Waals surface area contributed by atoms with Gasteiger partial charge in [-0.25, -0.2) is 4.79 Å². The van der Waals surface area contributed by atoms with E-state index in [1.807, 2.05) is 5.32 Å². The quantitative estimate of drug-likeness (QED) is 0.422. The van der Waals surface area contributed by atoms with Crippen molar-refractivity contribution in [3.05, 3.63) is 0 Å². The fraction of sp³-hybridized carbons (Fsp3) is 0.600. The van der Waals surface area contributed by atoms with Gasteiger partial charge in [0.2, 0.25) is 5.91 Å². The average molecular weight is 146 g/mol. The van der Waals surface area contributed by atoms with E-state index >= 15 is 0 Å². The number of hydrogen-bond acceptors (Lipinski definition) is 3. The van der Waals surface area contributed by atoms with Crippen LogP contribution in [-0.4, -0.2) is 23.3 Å². The summed E-state index contributed by atoms with van der Waals surface area (Å²) in [4.78, 5) is 20.6. The van der Waals surface area contributed by atoms with Crippen LogP contribution in [-0.2, 0) is 4.79 Å². The molecular weight excluding hydrogens is 136 g/mol. The molecule has 0 radical (unpaired) electrons. The molecule has 0 rings (SSSR count). The molecule has 0 aromatic heterocycles. The van der Waals surface area contributed by atoms with Gasteiger partial charge in [0.25, 0.3) is 0 Å². The SMILES string of the molecule is CC(=O)NC(=O)NC(C)O. The number of hydrogen-bond donors (Lipinski definition) is 3. The van der Waals surface area contributed by atoms with Crippen LogP contribution in [0.3, 0.4) is 0 Å². The van der Waals surface area contributed by atoms with Crippen molar-refractivity contribution in [1.82, 2.24) is 10.6 Å². The number of aliphatic hydroxyl groups is 1. The molecule has 3 amide bonds. The highest BCUT2D eigenvalue weighted by Crippen LogP contribution is 1.71. The predicted molar refractivity (Wildman–Crippen MR) is 34.0 cm³/mol. The molecule has 0 aromatic carbocycles. The van der Waals surface area contributed by atoms with Crippen molar-refractivity contribution in [2.24, 2.45) is 0 Å². The first kappa shape index (κ1) is 8.90. The number of amides is 3. The van der Waals surface area contributed by atoms with Gasteiger partial charge in [-0.1, -0.05) is 0 Å². The van der Waals surface area contributed by atoms with Gasteiger partial charge < -0.3 is 10.4 Å². The Labute approximate surface area is 58.4 Å². The van der Waals surface area contributed by atoms with Crippen molar-refractivity contribution < 1.29 is 14.7 Å². The number of nitrogens with one attached hydrogen (secondary N) is 2. The second kappa shape index (κ2) is 3.84. The lowest BCUT2D eigenvalue weighted by Crippen LogP contribution is -2.42. The first-order chi connectivity index (χ1) is 4.52. The van der Waals surface area contributed by atoms with Crippen molar-refractivity contribution >= 4 is 11.9 Å². The van der Waals surface area contributed by atoms with Gasteiger partial charge in [-0.3, -0.25) is 10.1 Å². The number of carbonyl (C=O) groups is 2. The van der Waals surface area contributed by atoms with Gasteiger partial charge in [0, 0.05) is 6.92 Å². The summed E-state index contributed by atoms with van der Waals surface area (Å²) in [6.07, 6.45) is -0.945. The van der Waals surface area contributed by atoms with Crippen LogP contribution in [0.2, 0.25) is 0 Å². The maximum atomic E-state index is 10.5. The summed E-state index contributed by atoms with van der Waals surface area (Å²) in [5.41, 5.74) is 0. The summed E-state index contributed by atoms with van der Waals surface area (Å²) in [5, 5.41) is 12.5. The second-order valence-electron chi connectivity index (χ2n) is 1.83. The lowest BCUT2D eigenvalue weighted by Gasteiger charge is -2.05. The van der Waals surface area contributed by atoms with Crippen molar-refractivity contribution in [3.8, 4) is 0 Å². The fourth-order valence-corrected chi connectivity index (χ4v) is 0.386. The average Bonchev–Trinajstić information content (AvgIpc) is 1.58. The monoisotopic (exact) mass is 146 g/mol. The van der Waals surface area contributed by atoms with Gasteiger partial charge in [0.1, 0.15) is 6.23 Å². The lowest BCUT2D eigenvalue weighted by atomic mass is 10.6. The standard InChI is InChI=1S/C5H10N2O3/c1-3(8)6-5(10)7-4(2)9/h3,8H,1-2H3,(H2,6,7,9,10). The molecular formula is C5H10N2O3. The van der Waals surface area contributed by atoms with E-state index in [1.165, 1.54) is 13.8 Å². The number of aliphatic hydroxyl groups excluding tert-OH is 1. The predicted octanol–water partition coefficient (Wildman–Crippen LogP) is -0.830. The molecule has 0 fully saturated rings. The van der Waals surface area contributed by atoms with Crippen LogP contribution in [0.1, 0.15) is 13.8 Å². The molecule has 3 N–H and O–H groups in total. The Hall–Kier alpha value is -1.10. The molecule has 0 saturated heterocycles. The molecule has 58 valence electrons. The van der Waals surface area contributed by atoms with Crippen molar-refractivity contribution in [2.45, 2.75) is 20.1 Å². The van der Waals surface area contributed by atoms with E-state index in [-0.39, 0.29) is 0 Å². The zero-order valence-electron chi connectivity index (χ0n) is 5.84. The fourth-order valence-electron chi connectivity index (χ4n) is 0.386. The second-order valence-corrected chi connectivity index (χ2v) is 1.83. The molecule has 5 heteroatoms. The minimum atomic E-state index is -0.945. The van der Waals surface area contributed by atoms with Gasteiger partial charge in [-0.2, -0.15) is 0 Å². The molecule has 0 heterocycles. The van der Waals surface area contributed by atoms with E-state index in [0.29, 0.717) is 0 Å². The van der Waals surface area contributed by atoms with Crippen molar-refractivity contribution in [3.63, 3.8) is 0 Å². The Bertz CT molecular complexity index is 144. The summed E-state index contributed by atoms with van der Waals surface area (Å²) < 4.78 is 0. The van der Waals surface area contributed by atoms with Crippen LogP contribution in [0.25, 0.3) is 0 Å². The molecule has 0 spiro atoms. The summed E-state index contributed by atoms with van der Waals surface area (Å²) in [5.74, 6) is -0.460. The zero-order valence-corrected chi connectivity index (χ0v) is 5.84. The molecule has 0 aliphatic heterocycles. The molecule has 10 heavy (non-hydrogen) atoms. The van der Waals surface area contributed by atoms with Gasteiger partial charge in [0.15, 0.2) is 0 Å². The van der Waals surface area contributed by atoms with Crippen LogP contribution in [0.4, 0.5) is 4.79 Å². The Morgan fingerprint density at radius 3 is 2.30 bits per heavy atom. The summed E-state index contributed by atoms with van der Waals surface area (Å²) >= 11 is 0. The van der Waals surface area contributed by atoms with E-state index in [9.17, 15) is 9.59 Å². The van der Waals surface area contributed by atoms with E-state index in [4.69, 9.17) is 5.11 Å². The van der Waals surface area contributed by atoms with Crippen LogP contribution >= 0.6 is 0 Å². The van der Waals surface area contributed by atoms with Crippen LogP contribution in [0.5, 0.6) is 0 Å². The normalized spacial score (nSPS) is 11.9. The summed E-state index contributed by atoms with van der Waals surface area (Å²) in [7, 11) is 0. The minimum Gasteiger partial charge on any atom is -0.374 e. The third-order valence-electron chi connectivity index (χ3n) is 0.630. The molecule has 0 aliphatic carbocycles. The van der Waals surface area contributed by atoms with Crippen LogP contribution in [0.15, 0.2) is 0 Å². The largest absolute Gasteiger partial charge is 0.374 e. The summed E-state index contributed by atoms with van der Waals surface area (Å²) in [6.45, 7) is 2.58. The Balaban J connectivity index is 3.54. The molecule has 0 aromatic rings. The van der Waals surface area contributed by atoms with E-state index in [0.717, 1.165) is 0 Å². The third kappa shape index (κ3) is 5.04. The van der Waals surface area contributed by atoms with Gasteiger partial charge in [-0.05, 0) is 6.92 Å². The lowest BCUT2D eigenvalue weighted by molar-refractivity contribution is -0.117. The van der Waals surface area contributed by atoms with Gasteiger partial charge in [-0.15, -0.1) is 0 Å². The van der Waals surface area contributed by atoms with Gasteiger partial charge >= 0.3 is 6.03 Å². The Morgan fingerprint density at radius 2 is 2.00 bits per heavy atom. The maximum Gasteiger partial charge on any atom is 0.323 e. The molecule has 0 bridgehead atoms. The highest BCUT2D eigenvalue weighted by atomic mass is 16.3. The topological polar surface area (TPSA) is 78.4 Å². The number of imide groups is 1. The first-order valence-electron chi connectivity index (χ1n) is 2.78. The van der Waals surface area contributed by atoms with Gasteiger partial charge in [0.05, 0.1) is 0 Å². The van der Waals surface area contributed by atoms with Crippen LogP contribution < -0.4 is 10.6 Å². The van der Waals surface area contributed by atoms with Crippen LogP contribution in [0, 0.1) is 0 Å². The van der Waals surface area contributed by atoms with E-state index in [2.05, 4.69) is 5.32 Å². The Kier molecular flexibility index (Phi) is 3.42. The van der Waals surface area contributed by atoms with E-state index < -0.39 is 18.2 Å². The highest BCUT2D eigenvalue weighted by molar-refractivity contribution is 5.92. The Morgan fingerprint density at radius 1 is 1.50 bits per heavy atom. The molecule has 5 nitrogen and oxygen atoms in total. The zero-order chi connectivity index (χ0) is 8.15. The molecule has 0 saturated carbocycles. The summed E-state index contributed by atoms with van der Waals surface area (Å²) in [6, 6.07) is -0.692. The molecule has 1 unspecified atom stereocenters. The number of rotatable bonds is 1. The molecule has 0 aliphatic rings. The minimum absolute atomic E-state index is 0.460. The first-order valence-corrected chi connectivity index (χ1v) is 2.78. The maximum absolute atomic E-state index is 10.5. The number of urea groups is 1. The van der Waals surface area contributed by atoms with Crippen molar-refractivity contribution in [2.75, 3.05) is 0 Å². The number of carbonyl (C=O) groups excluding carboxylic acids is 2. The molecule has 1 atom stereocenters. The van der Waals surface area contributed by atoms with E-state index in [1.54, 1.807) is 0 Å². The highest BCUT2D eigenvalue weighted by Gasteiger charge is 2.03.